The summed E-state index contributed by atoms with van der Waals surface area (Å²) in [6.45, 7) is 0.373. The van der Waals surface area contributed by atoms with Gasteiger partial charge in [-0.1, -0.05) is 30.3 Å². The third kappa shape index (κ3) is 3.86. The molecule has 2 N–H and O–H groups in total. The van der Waals surface area contributed by atoms with Gasteiger partial charge >= 0.3 is 5.97 Å². The second-order valence-corrected chi connectivity index (χ2v) is 4.79. The van der Waals surface area contributed by atoms with Crippen LogP contribution in [0.1, 0.15) is 31.2 Å². The Hall–Kier alpha value is -1.35. The van der Waals surface area contributed by atoms with Gasteiger partial charge in [-0.3, -0.25) is 4.79 Å². The lowest BCUT2D eigenvalue weighted by molar-refractivity contribution is -0.146. The van der Waals surface area contributed by atoms with Crippen molar-refractivity contribution in [1.82, 2.24) is 0 Å². The maximum Gasteiger partial charge on any atom is 0.306 e. The highest BCUT2D eigenvalue weighted by atomic mass is 16.5. The van der Waals surface area contributed by atoms with Gasteiger partial charge in [-0.25, -0.2) is 0 Å². The molecule has 1 aliphatic carbocycles. The van der Waals surface area contributed by atoms with E-state index in [4.69, 9.17) is 10.5 Å². The van der Waals surface area contributed by atoms with Gasteiger partial charge in [-0.2, -0.15) is 0 Å². The van der Waals surface area contributed by atoms with Crippen LogP contribution in [0.5, 0.6) is 0 Å². The second-order valence-electron chi connectivity index (χ2n) is 4.79. The minimum Gasteiger partial charge on any atom is -0.461 e. The van der Waals surface area contributed by atoms with E-state index in [0.717, 1.165) is 24.8 Å². The molecule has 2 rings (SSSR count). The molecule has 1 aromatic rings. The third-order valence-corrected chi connectivity index (χ3v) is 3.28. The van der Waals surface area contributed by atoms with Gasteiger partial charge in [0.05, 0.1) is 0 Å². The molecule has 0 aromatic heterocycles. The molecule has 1 aliphatic rings. The Morgan fingerprint density at radius 3 is 2.71 bits per heavy atom. The van der Waals surface area contributed by atoms with E-state index in [1.54, 1.807) is 0 Å². The van der Waals surface area contributed by atoms with E-state index in [1.165, 1.54) is 0 Å². The number of rotatable bonds is 4. The fraction of sp³-hybridized carbons (Fsp3) is 0.500. The fourth-order valence-corrected chi connectivity index (χ4v) is 2.33. The highest BCUT2D eigenvalue weighted by molar-refractivity contribution is 5.69. The van der Waals surface area contributed by atoms with Crippen LogP contribution in [-0.4, -0.2) is 12.0 Å². The molecule has 0 unspecified atom stereocenters. The Kier molecular flexibility index (Phi) is 4.15. The van der Waals surface area contributed by atoms with E-state index in [-0.39, 0.29) is 12.0 Å². The van der Waals surface area contributed by atoms with E-state index in [2.05, 4.69) is 0 Å². The van der Waals surface area contributed by atoms with Crippen molar-refractivity contribution in [2.75, 3.05) is 0 Å². The molecule has 1 fully saturated rings. The number of nitrogens with two attached hydrogens (primary N) is 1. The lowest BCUT2D eigenvalue weighted by atomic mass is 10.0. The van der Waals surface area contributed by atoms with E-state index in [9.17, 15) is 4.79 Å². The van der Waals surface area contributed by atoms with Crippen LogP contribution in [-0.2, 0) is 16.1 Å². The first-order valence-electron chi connectivity index (χ1n) is 6.19. The van der Waals surface area contributed by atoms with Gasteiger partial charge in [-0.15, -0.1) is 0 Å². The van der Waals surface area contributed by atoms with Gasteiger partial charge in [0.25, 0.3) is 0 Å². The van der Waals surface area contributed by atoms with Gasteiger partial charge in [-0.05, 0) is 30.7 Å². The van der Waals surface area contributed by atoms with Crippen molar-refractivity contribution in [2.24, 2.45) is 11.7 Å². The van der Waals surface area contributed by atoms with Crippen molar-refractivity contribution in [3.63, 3.8) is 0 Å². The van der Waals surface area contributed by atoms with Crippen LogP contribution in [0.25, 0.3) is 0 Å². The Morgan fingerprint density at radius 2 is 2.06 bits per heavy atom. The highest BCUT2D eigenvalue weighted by Gasteiger charge is 2.24. The Labute approximate surface area is 102 Å². The first-order chi connectivity index (χ1) is 8.24. The predicted octanol–water partition coefficient (Wildman–Crippen LogP) is 2.25. The minimum absolute atomic E-state index is 0.104. The smallest absolute Gasteiger partial charge is 0.306 e. The molecule has 0 heterocycles. The Morgan fingerprint density at radius 1 is 1.29 bits per heavy atom. The van der Waals surface area contributed by atoms with Gasteiger partial charge in [0, 0.05) is 12.5 Å². The summed E-state index contributed by atoms with van der Waals surface area (Å²) >= 11 is 0. The van der Waals surface area contributed by atoms with Gasteiger partial charge in [0.1, 0.15) is 6.61 Å². The summed E-state index contributed by atoms with van der Waals surface area (Å²) in [4.78, 5) is 11.6. The van der Waals surface area contributed by atoms with Crippen LogP contribution in [0.15, 0.2) is 30.3 Å². The number of carbonyl (C=O) groups excluding carboxylic acids is 1. The number of carbonyl (C=O) groups is 1. The SMILES string of the molecule is N[C@@H]1CC[C@H](CC(=O)OCc2ccccc2)C1. The molecule has 0 amide bonds. The molecular formula is C14H19NO2. The summed E-state index contributed by atoms with van der Waals surface area (Å²) < 4.78 is 5.25. The minimum atomic E-state index is -0.104. The summed E-state index contributed by atoms with van der Waals surface area (Å²) in [6, 6.07) is 10.0. The summed E-state index contributed by atoms with van der Waals surface area (Å²) in [5, 5.41) is 0. The summed E-state index contributed by atoms with van der Waals surface area (Å²) in [5.74, 6) is 0.321. The molecule has 0 bridgehead atoms. The zero-order valence-electron chi connectivity index (χ0n) is 9.97. The van der Waals surface area contributed by atoms with Gasteiger partial charge in [0.2, 0.25) is 0 Å². The van der Waals surface area contributed by atoms with Crippen molar-refractivity contribution in [3.8, 4) is 0 Å². The maximum atomic E-state index is 11.6. The van der Waals surface area contributed by atoms with E-state index in [1.807, 2.05) is 30.3 Å². The van der Waals surface area contributed by atoms with Crippen LogP contribution in [0.3, 0.4) is 0 Å². The molecule has 92 valence electrons. The Balaban J connectivity index is 1.71. The number of benzene rings is 1. The first kappa shape index (κ1) is 12.1. The van der Waals surface area contributed by atoms with E-state index < -0.39 is 0 Å². The molecule has 1 saturated carbocycles. The van der Waals surface area contributed by atoms with Crippen molar-refractivity contribution in [1.29, 1.82) is 0 Å². The fourth-order valence-electron chi connectivity index (χ4n) is 2.33. The van der Waals surface area contributed by atoms with Crippen LogP contribution in [0, 0.1) is 5.92 Å². The molecular weight excluding hydrogens is 214 g/mol. The number of ether oxygens (including phenoxy) is 1. The largest absolute Gasteiger partial charge is 0.461 e. The van der Waals surface area contributed by atoms with E-state index in [0.29, 0.717) is 18.9 Å². The molecule has 0 spiro atoms. The molecule has 17 heavy (non-hydrogen) atoms. The zero-order chi connectivity index (χ0) is 12.1. The molecule has 1 aromatic carbocycles. The monoisotopic (exact) mass is 233 g/mol. The quantitative estimate of drug-likeness (QED) is 0.811. The van der Waals surface area contributed by atoms with Crippen LogP contribution < -0.4 is 5.73 Å². The van der Waals surface area contributed by atoms with Crippen molar-refractivity contribution < 1.29 is 9.53 Å². The number of esters is 1. The van der Waals surface area contributed by atoms with E-state index >= 15 is 0 Å². The van der Waals surface area contributed by atoms with Crippen LogP contribution in [0.4, 0.5) is 0 Å². The topological polar surface area (TPSA) is 52.3 Å². The predicted molar refractivity (Wildman–Crippen MR) is 66.2 cm³/mol. The number of hydrogen-bond donors (Lipinski definition) is 1. The standard InChI is InChI=1S/C14H19NO2/c15-13-7-6-12(8-13)9-14(16)17-10-11-4-2-1-3-5-11/h1-5,12-13H,6-10,15H2/t12-,13+/m0/s1. The van der Waals surface area contributed by atoms with Gasteiger partial charge in [0.15, 0.2) is 0 Å². The molecule has 0 radical (unpaired) electrons. The first-order valence-corrected chi connectivity index (χ1v) is 6.19. The molecule has 3 nitrogen and oxygen atoms in total. The van der Waals surface area contributed by atoms with Crippen molar-refractivity contribution in [2.45, 2.75) is 38.3 Å². The third-order valence-electron chi connectivity index (χ3n) is 3.28. The maximum absolute atomic E-state index is 11.6. The second kappa shape index (κ2) is 5.82. The molecule has 0 saturated heterocycles. The van der Waals surface area contributed by atoms with Crippen LogP contribution >= 0.6 is 0 Å². The van der Waals surface area contributed by atoms with Crippen molar-refractivity contribution >= 4 is 5.97 Å². The average molecular weight is 233 g/mol. The van der Waals surface area contributed by atoms with Gasteiger partial charge < -0.3 is 10.5 Å². The zero-order valence-corrected chi connectivity index (χ0v) is 9.97. The molecule has 2 atom stereocenters. The number of hydrogen-bond acceptors (Lipinski definition) is 3. The molecule has 0 aliphatic heterocycles. The molecule has 3 heteroatoms. The lowest BCUT2D eigenvalue weighted by Crippen LogP contribution is -2.16. The summed E-state index contributed by atoms with van der Waals surface area (Å²) in [6.07, 6.45) is 3.57. The average Bonchev–Trinajstić information content (AvgIpc) is 2.73. The summed E-state index contributed by atoms with van der Waals surface area (Å²) in [7, 11) is 0. The summed E-state index contributed by atoms with van der Waals surface area (Å²) in [5.41, 5.74) is 6.85. The van der Waals surface area contributed by atoms with Crippen LogP contribution in [0.2, 0.25) is 0 Å². The lowest BCUT2D eigenvalue weighted by Gasteiger charge is -2.09. The van der Waals surface area contributed by atoms with Crippen molar-refractivity contribution in [3.05, 3.63) is 35.9 Å². The Bertz CT molecular complexity index is 364. The normalized spacial score (nSPS) is 23.6. The highest BCUT2D eigenvalue weighted by Crippen LogP contribution is 2.27.